The Balaban J connectivity index is 1.20. The molecule has 0 bridgehead atoms. The first-order chi connectivity index (χ1) is 16.2. The molecule has 1 aliphatic rings. The summed E-state index contributed by atoms with van der Waals surface area (Å²) in [6.07, 6.45) is 4.84. The van der Waals surface area contributed by atoms with Gasteiger partial charge in [0.1, 0.15) is 0 Å². The number of H-pyrrole nitrogens is 1. The van der Waals surface area contributed by atoms with E-state index in [-0.39, 0.29) is 0 Å². The predicted octanol–water partition coefficient (Wildman–Crippen LogP) is 4.71. The fourth-order valence-corrected chi connectivity index (χ4v) is 5.00. The van der Waals surface area contributed by atoms with Crippen LogP contribution in [0.15, 0.2) is 78.0 Å². The molecule has 1 aliphatic heterocycles. The molecule has 1 N–H and O–H groups in total. The Morgan fingerprint density at radius 1 is 0.848 bits per heavy atom. The van der Waals surface area contributed by atoms with Crippen LogP contribution in [0.5, 0.6) is 0 Å². The van der Waals surface area contributed by atoms with Gasteiger partial charge in [0.05, 0.1) is 0 Å². The van der Waals surface area contributed by atoms with Crippen molar-refractivity contribution in [3.05, 3.63) is 84.2 Å². The summed E-state index contributed by atoms with van der Waals surface area (Å²) >= 11 is 1.86. The molecule has 168 valence electrons. The molecule has 6 nitrogen and oxygen atoms in total. The minimum atomic E-state index is 0.795. The molecule has 0 amide bonds. The van der Waals surface area contributed by atoms with Crippen LogP contribution in [0.2, 0.25) is 0 Å². The smallest absolute Gasteiger partial charge is 0.161 e. The monoisotopic (exact) mass is 456 g/mol. The van der Waals surface area contributed by atoms with E-state index in [4.69, 9.17) is 0 Å². The Kier molecular flexibility index (Phi) is 6.81. The standard InChI is InChI=1S/C26H28N6S/c1-20-7-8-23(26-28-25(29-30-26)22-5-3-2-4-6-22)19-24(20)33-32-17-15-31(16-18-32)14-11-21-9-12-27-13-10-21/h2-10,12-13,19H,11,14-18H2,1H3,(H,28,29,30). The van der Waals surface area contributed by atoms with Gasteiger partial charge in [-0.1, -0.05) is 42.5 Å². The average molecular weight is 457 g/mol. The van der Waals surface area contributed by atoms with Gasteiger partial charge < -0.3 is 9.88 Å². The van der Waals surface area contributed by atoms with Crippen LogP contribution in [-0.2, 0) is 6.42 Å². The van der Waals surface area contributed by atoms with Crippen molar-refractivity contribution in [2.75, 3.05) is 32.7 Å². The maximum atomic E-state index is 4.40. The van der Waals surface area contributed by atoms with E-state index in [1.165, 1.54) is 16.0 Å². The highest BCUT2D eigenvalue weighted by atomic mass is 32.2. The summed E-state index contributed by atoms with van der Waals surface area (Å²) in [5, 5.41) is 8.74. The van der Waals surface area contributed by atoms with E-state index in [0.717, 1.165) is 61.9 Å². The second-order valence-corrected chi connectivity index (χ2v) is 9.47. The molecule has 0 spiro atoms. The SMILES string of the molecule is Cc1ccc(-c2nnc(-c3ccccc3)[nH]2)cc1SN1CCN(CCc2ccncc2)CC1. The molecule has 3 heterocycles. The Labute approximate surface area is 199 Å². The van der Waals surface area contributed by atoms with Crippen LogP contribution in [0.3, 0.4) is 0 Å². The van der Waals surface area contributed by atoms with Gasteiger partial charge in [0.25, 0.3) is 0 Å². The molecule has 2 aromatic heterocycles. The first kappa shape index (κ1) is 21.8. The van der Waals surface area contributed by atoms with Gasteiger partial charge in [0, 0.05) is 61.1 Å². The van der Waals surface area contributed by atoms with Crippen molar-refractivity contribution in [3.8, 4) is 22.8 Å². The van der Waals surface area contributed by atoms with E-state index in [0.29, 0.717) is 0 Å². The minimum Gasteiger partial charge on any atom is -0.321 e. The van der Waals surface area contributed by atoms with Gasteiger partial charge in [-0.15, -0.1) is 10.2 Å². The molecule has 2 aromatic carbocycles. The number of piperazine rings is 1. The Bertz CT molecular complexity index is 1170. The number of aromatic amines is 1. The van der Waals surface area contributed by atoms with Gasteiger partial charge >= 0.3 is 0 Å². The number of rotatable bonds is 7. The lowest BCUT2D eigenvalue weighted by Gasteiger charge is -2.34. The third-order valence-electron chi connectivity index (χ3n) is 6.02. The molecule has 0 atom stereocenters. The fraction of sp³-hybridized carbons (Fsp3) is 0.269. The maximum absolute atomic E-state index is 4.40. The summed E-state index contributed by atoms with van der Waals surface area (Å²) in [7, 11) is 0. The van der Waals surface area contributed by atoms with Crippen LogP contribution in [0.25, 0.3) is 22.8 Å². The fourth-order valence-electron chi connectivity index (χ4n) is 3.98. The number of aryl methyl sites for hydroxylation is 1. The molecule has 5 rings (SSSR count). The van der Waals surface area contributed by atoms with Crippen molar-refractivity contribution in [3.63, 3.8) is 0 Å². The summed E-state index contributed by atoms with van der Waals surface area (Å²) in [6.45, 7) is 7.59. The number of hydrogen-bond donors (Lipinski definition) is 1. The summed E-state index contributed by atoms with van der Waals surface area (Å²) in [5.74, 6) is 1.60. The van der Waals surface area contributed by atoms with Crippen LogP contribution in [-0.4, -0.2) is 62.1 Å². The van der Waals surface area contributed by atoms with E-state index >= 15 is 0 Å². The Morgan fingerprint density at radius 2 is 1.58 bits per heavy atom. The molecule has 0 aliphatic carbocycles. The van der Waals surface area contributed by atoms with Crippen molar-refractivity contribution < 1.29 is 0 Å². The number of pyridine rings is 1. The van der Waals surface area contributed by atoms with E-state index < -0.39 is 0 Å². The number of nitrogens with one attached hydrogen (secondary N) is 1. The zero-order valence-corrected chi connectivity index (χ0v) is 19.6. The van der Waals surface area contributed by atoms with Crippen molar-refractivity contribution in [1.82, 2.24) is 29.4 Å². The van der Waals surface area contributed by atoms with Gasteiger partial charge in [0.2, 0.25) is 0 Å². The molecule has 0 saturated carbocycles. The zero-order valence-electron chi connectivity index (χ0n) is 18.8. The van der Waals surface area contributed by atoms with E-state index in [1.54, 1.807) is 0 Å². The normalized spacial score (nSPS) is 15.1. The first-order valence-corrected chi connectivity index (χ1v) is 12.2. The van der Waals surface area contributed by atoms with Crippen molar-refractivity contribution in [1.29, 1.82) is 0 Å². The molecule has 1 saturated heterocycles. The molecule has 0 unspecified atom stereocenters. The van der Waals surface area contributed by atoms with Gasteiger partial charge in [-0.3, -0.25) is 4.98 Å². The van der Waals surface area contributed by atoms with Crippen molar-refractivity contribution >= 4 is 11.9 Å². The largest absolute Gasteiger partial charge is 0.321 e. The number of hydrogen-bond acceptors (Lipinski definition) is 6. The van der Waals surface area contributed by atoms with Gasteiger partial charge in [0.15, 0.2) is 11.6 Å². The number of aromatic nitrogens is 4. The van der Waals surface area contributed by atoms with E-state index in [1.807, 2.05) is 54.7 Å². The quantitative estimate of drug-likeness (QED) is 0.407. The topological polar surface area (TPSA) is 60.9 Å². The lowest BCUT2D eigenvalue weighted by atomic mass is 10.1. The van der Waals surface area contributed by atoms with Crippen LogP contribution in [0, 0.1) is 6.92 Å². The number of nitrogens with zero attached hydrogens (tertiary/aromatic N) is 5. The predicted molar refractivity (Wildman–Crippen MR) is 134 cm³/mol. The minimum absolute atomic E-state index is 0.795. The lowest BCUT2D eigenvalue weighted by Crippen LogP contribution is -2.44. The van der Waals surface area contributed by atoms with E-state index in [2.05, 4.69) is 66.6 Å². The highest BCUT2D eigenvalue weighted by molar-refractivity contribution is 7.97. The van der Waals surface area contributed by atoms with Crippen molar-refractivity contribution in [2.24, 2.45) is 0 Å². The molecule has 1 fully saturated rings. The van der Waals surface area contributed by atoms with Gasteiger partial charge in [-0.05, 0) is 54.6 Å². The van der Waals surface area contributed by atoms with Gasteiger partial charge in [-0.25, -0.2) is 4.31 Å². The number of benzene rings is 2. The third-order valence-corrected chi connectivity index (χ3v) is 7.28. The second-order valence-electron chi connectivity index (χ2n) is 8.34. The second kappa shape index (κ2) is 10.3. The molecule has 0 radical (unpaired) electrons. The van der Waals surface area contributed by atoms with Crippen LogP contribution >= 0.6 is 11.9 Å². The summed E-state index contributed by atoms with van der Waals surface area (Å²) in [6, 6.07) is 20.8. The summed E-state index contributed by atoms with van der Waals surface area (Å²) in [5.41, 5.74) is 4.75. The summed E-state index contributed by atoms with van der Waals surface area (Å²) in [4.78, 5) is 11.3. The van der Waals surface area contributed by atoms with Crippen LogP contribution in [0.4, 0.5) is 0 Å². The van der Waals surface area contributed by atoms with Crippen LogP contribution < -0.4 is 0 Å². The molecule has 33 heavy (non-hydrogen) atoms. The van der Waals surface area contributed by atoms with E-state index in [9.17, 15) is 0 Å². The summed E-state index contributed by atoms with van der Waals surface area (Å²) < 4.78 is 2.48. The Morgan fingerprint density at radius 3 is 2.33 bits per heavy atom. The molecular weight excluding hydrogens is 428 g/mol. The van der Waals surface area contributed by atoms with Crippen LogP contribution in [0.1, 0.15) is 11.1 Å². The first-order valence-electron chi connectivity index (χ1n) is 11.4. The third kappa shape index (κ3) is 5.50. The Hall–Kier alpha value is -3.00. The maximum Gasteiger partial charge on any atom is 0.161 e. The van der Waals surface area contributed by atoms with Gasteiger partial charge in [-0.2, -0.15) is 0 Å². The molecular formula is C26H28N6S. The molecule has 7 heteroatoms. The average Bonchev–Trinajstić information content (AvgIpc) is 3.37. The molecule has 4 aromatic rings. The zero-order chi connectivity index (χ0) is 22.5. The highest BCUT2D eigenvalue weighted by Crippen LogP contribution is 2.31. The lowest BCUT2D eigenvalue weighted by molar-refractivity contribution is 0.198. The van der Waals surface area contributed by atoms with Crippen molar-refractivity contribution in [2.45, 2.75) is 18.2 Å². The highest BCUT2D eigenvalue weighted by Gasteiger charge is 2.19.